The molecule has 0 amide bonds. The summed E-state index contributed by atoms with van der Waals surface area (Å²) >= 11 is 2.96. The van der Waals surface area contributed by atoms with Gasteiger partial charge >= 0.3 is 0 Å². The molecule has 0 bridgehead atoms. The Morgan fingerprint density at radius 2 is 1.95 bits per heavy atom. The molecule has 0 aromatic heterocycles. The number of nitrogens with two attached hydrogens (primary N) is 1. The summed E-state index contributed by atoms with van der Waals surface area (Å²) in [7, 11) is -3.78. The largest absolute Gasteiger partial charge is 0.398 e. The standard InChI is InChI=1S/C12H16BrFN2O3S/c1-12(17)2-4-16(5-3-12)20(18,19)11-6-8(13)9(14)7-10(11)15/h6-7,17H,2-5,15H2,1H3. The van der Waals surface area contributed by atoms with Gasteiger partial charge in [0.05, 0.1) is 15.8 Å². The monoisotopic (exact) mass is 366 g/mol. The summed E-state index contributed by atoms with van der Waals surface area (Å²) in [6, 6.07) is 2.16. The van der Waals surface area contributed by atoms with Crippen LogP contribution in [-0.2, 0) is 10.0 Å². The van der Waals surface area contributed by atoms with Crippen LogP contribution in [0.3, 0.4) is 0 Å². The lowest BCUT2D eigenvalue weighted by atomic mass is 9.95. The van der Waals surface area contributed by atoms with Crippen LogP contribution in [0.15, 0.2) is 21.5 Å². The first kappa shape index (κ1) is 15.7. The van der Waals surface area contributed by atoms with E-state index >= 15 is 0 Å². The van der Waals surface area contributed by atoms with Gasteiger partial charge < -0.3 is 10.8 Å². The highest BCUT2D eigenvalue weighted by Gasteiger charge is 2.35. The Kier molecular flexibility index (Phi) is 4.12. The van der Waals surface area contributed by atoms with Gasteiger partial charge in [-0.25, -0.2) is 12.8 Å². The predicted molar refractivity (Wildman–Crippen MR) is 77.1 cm³/mol. The molecule has 1 aromatic rings. The van der Waals surface area contributed by atoms with Gasteiger partial charge in [-0.05, 0) is 47.8 Å². The molecule has 0 saturated carbocycles. The van der Waals surface area contributed by atoms with E-state index in [-0.39, 0.29) is 28.1 Å². The summed E-state index contributed by atoms with van der Waals surface area (Å²) in [4.78, 5) is -0.118. The van der Waals surface area contributed by atoms with Crippen molar-refractivity contribution < 1.29 is 17.9 Å². The quantitative estimate of drug-likeness (QED) is 0.780. The van der Waals surface area contributed by atoms with Gasteiger partial charge in [0, 0.05) is 13.1 Å². The first-order chi connectivity index (χ1) is 9.13. The lowest BCUT2D eigenvalue weighted by molar-refractivity contribution is 0.0126. The Morgan fingerprint density at radius 1 is 1.40 bits per heavy atom. The normalized spacial score (nSPS) is 20.0. The zero-order chi connectivity index (χ0) is 15.1. The number of halogens is 2. The lowest BCUT2D eigenvalue weighted by Crippen LogP contribution is -2.45. The number of aliphatic hydroxyl groups is 1. The molecule has 1 aliphatic rings. The molecule has 1 heterocycles. The molecule has 1 fully saturated rings. The van der Waals surface area contributed by atoms with Crippen LogP contribution in [0.25, 0.3) is 0 Å². The molecule has 3 N–H and O–H groups in total. The van der Waals surface area contributed by atoms with E-state index in [1.165, 1.54) is 10.4 Å². The number of hydrogen-bond donors (Lipinski definition) is 2. The second kappa shape index (κ2) is 5.25. The Morgan fingerprint density at radius 3 is 2.50 bits per heavy atom. The SMILES string of the molecule is CC1(O)CCN(S(=O)(=O)c2cc(Br)c(F)cc2N)CC1. The zero-order valence-corrected chi connectivity index (χ0v) is 13.3. The topological polar surface area (TPSA) is 83.6 Å². The number of hydrogen-bond acceptors (Lipinski definition) is 4. The van der Waals surface area contributed by atoms with Crippen LogP contribution in [0.5, 0.6) is 0 Å². The Bertz CT molecular complexity index is 624. The Balaban J connectivity index is 2.34. The minimum atomic E-state index is -3.78. The summed E-state index contributed by atoms with van der Waals surface area (Å²) in [6.07, 6.45) is 0.711. The average molecular weight is 367 g/mol. The second-order valence-electron chi connectivity index (χ2n) is 5.21. The number of rotatable bonds is 2. The van der Waals surface area contributed by atoms with Crippen LogP contribution in [0.4, 0.5) is 10.1 Å². The summed E-state index contributed by atoms with van der Waals surface area (Å²) in [5, 5.41) is 9.86. The van der Waals surface area contributed by atoms with Gasteiger partial charge in [0.15, 0.2) is 0 Å². The van der Waals surface area contributed by atoms with Crippen LogP contribution in [0.1, 0.15) is 19.8 Å². The first-order valence-corrected chi connectivity index (χ1v) is 8.34. The minimum absolute atomic E-state index is 0.0503. The highest BCUT2D eigenvalue weighted by Crippen LogP contribution is 2.31. The zero-order valence-electron chi connectivity index (χ0n) is 10.9. The summed E-state index contributed by atoms with van der Waals surface area (Å²) < 4.78 is 39.6. The summed E-state index contributed by atoms with van der Waals surface area (Å²) in [5.74, 6) is -0.608. The molecule has 0 atom stereocenters. The van der Waals surface area contributed by atoms with E-state index in [1.54, 1.807) is 6.92 Å². The van der Waals surface area contributed by atoms with Crippen molar-refractivity contribution in [3.8, 4) is 0 Å². The molecule has 0 unspecified atom stereocenters. The van der Waals surface area contributed by atoms with E-state index < -0.39 is 21.4 Å². The summed E-state index contributed by atoms with van der Waals surface area (Å²) in [6.45, 7) is 2.10. The highest BCUT2D eigenvalue weighted by atomic mass is 79.9. The molecule has 0 radical (unpaired) electrons. The maximum Gasteiger partial charge on any atom is 0.245 e. The predicted octanol–water partition coefficient (Wildman–Crippen LogP) is 1.71. The minimum Gasteiger partial charge on any atom is -0.398 e. The maximum atomic E-state index is 13.3. The van der Waals surface area contributed by atoms with Crippen molar-refractivity contribution in [2.24, 2.45) is 0 Å². The van der Waals surface area contributed by atoms with Crippen molar-refractivity contribution >= 4 is 31.6 Å². The molecule has 1 aliphatic heterocycles. The molecule has 0 aliphatic carbocycles. The second-order valence-corrected chi connectivity index (χ2v) is 7.97. The fraction of sp³-hybridized carbons (Fsp3) is 0.500. The van der Waals surface area contributed by atoms with Gasteiger partial charge in [-0.15, -0.1) is 0 Å². The van der Waals surface area contributed by atoms with Gasteiger partial charge in [0.25, 0.3) is 0 Å². The number of anilines is 1. The molecule has 0 spiro atoms. The van der Waals surface area contributed by atoms with Crippen molar-refractivity contribution in [3.63, 3.8) is 0 Å². The molecule has 1 aromatic carbocycles. The van der Waals surface area contributed by atoms with E-state index in [9.17, 15) is 17.9 Å². The van der Waals surface area contributed by atoms with Crippen molar-refractivity contribution in [2.45, 2.75) is 30.3 Å². The van der Waals surface area contributed by atoms with Crippen LogP contribution < -0.4 is 5.73 Å². The molecule has 20 heavy (non-hydrogen) atoms. The number of benzene rings is 1. The van der Waals surface area contributed by atoms with Gasteiger partial charge in [-0.2, -0.15) is 4.31 Å². The van der Waals surface area contributed by atoms with Crippen molar-refractivity contribution in [1.82, 2.24) is 4.31 Å². The Hall–Kier alpha value is -0.700. The number of sulfonamides is 1. The van der Waals surface area contributed by atoms with Gasteiger partial charge in [-0.3, -0.25) is 0 Å². The van der Waals surface area contributed by atoms with E-state index in [2.05, 4.69) is 15.9 Å². The fourth-order valence-electron chi connectivity index (χ4n) is 2.11. The molecule has 8 heteroatoms. The van der Waals surface area contributed by atoms with Crippen molar-refractivity contribution in [1.29, 1.82) is 0 Å². The third-order valence-electron chi connectivity index (χ3n) is 3.47. The van der Waals surface area contributed by atoms with Gasteiger partial charge in [0.2, 0.25) is 10.0 Å². The lowest BCUT2D eigenvalue weighted by Gasteiger charge is -2.35. The van der Waals surface area contributed by atoms with E-state index in [1.807, 2.05) is 0 Å². The van der Waals surface area contributed by atoms with Crippen LogP contribution in [-0.4, -0.2) is 36.5 Å². The number of piperidine rings is 1. The fourth-order valence-corrected chi connectivity index (χ4v) is 4.17. The van der Waals surface area contributed by atoms with Crippen LogP contribution >= 0.6 is 15.9 Å². The van der Waals surface area contributed by atoms with E-state index in [0.29, 0.717) is 12.8 Å². The van der Waals surface area contributed by atoms with Crippen molar-refractivity contribution in [3.05, 3.63) is 22.4 Å². The third-order valence-corrected chi connectivity index (χ3v) is 6.03. The smallest absolute Gasteiger partial charge is 0.245 e. The maximum absolute atomic E-state index is 13.3. The van der Waals surface area contributed by atoms with Crippen LogP contribution in [0, 0.1) is 5.82 Å². The van der Waals surface area contributed by atoms with Gasteiger partial charge in [-0.1, -0.05) is 0 Å². The van der Waals surface area contributed by atoms with E-state index in [0.717, 1.165) is 6.07 Å². The summed E-state index contributed by atoms with van der Waals surface area (Å²) in [5.41, 5.74) is 4.65. The molecular weight excluding hydrogens is 351 g/mol. The first-order valence-electron chi connectivity index (χ1n) is 6.10. The van der Waals surface area contributed by atoms with Crippen LogP contribution in [0.2, 0.25) is 0 Å². The average Bonchev–Trinajstić information content (AvgIpc) is 2.33. The molecule has 112 valence electrons. The Labute approximate surface area is 125 Å². The number of nitrogens with zero attached hydrogens (tertiary/aromatic N) is 1. The molecule has 2 rings (SSSR count). The van der Waals surface area contributed by atoms with Crippen molar-refractivity contribution in [2.75, 3.05) is 18.8 Å². The highest BCUT2D eigenvalue weighted by molar-refractivity contribution is 9.10. The molecule has 1 saturated heterocycles. The van der Waals surface area contributed by atoms with Gasteiger partial charge in [0.1, 0.15) is 10.7 Å². The number of nitrogen functional groups attached to an aromatic ring is 1. The molecule has 5 nitrogen and oxygen atoms in total. The molecular formula is C12H16BrFN2O3S. The third kappa shape index (κ3) is 2.98. The van der Waals surface area contributed by atoms with E-state index in [4.69, 9.17) is 5.73 Å².